The van der Waals surface area contributed by atoms with E-state index in [1.807, 2.05) is 6.07 Å². The first-order valence-electron chi connectivity index (χ1n) is 7.02. The molecule has 1 saturated heterocycles. The Morgan fingerprint density at radius 3 is 2.63 bits per heavy atom. The van der Waals surface area contributed by atoms with Crippen LogP contribution in [0.2, 0.25) is 0 Å². The van der Waals surface area contributed by atoms with Gasteiger partial charge in [0.1, 0.15) is 5.75 Å². The minimum Gasteiger partial charge on any atom is -0.506 e. The molecule has 0 unspecified atom stereocenters. The molecule has 1 fully saturated rings. The van der Waals surface area contributed by atoms with Gasteiger partial charge in [-0.25, -0.2) is 0 Å². The summed E-state index contributed by atoms with van der Waals surface area (Å²) in [6.45, 7) is 9.72. The summed E-state index contributed by atoms with van der Waals surface area (Å²) in [6, 6.07) is 4.17. The van der Waals surface area contributed by atoms with Crippen LogP contribution in [0, 0.1) is 0 Å². The Hall–Kier alpha value is -0.580. The molecular formula is C15H23BrN2O. The molecule has 2 rings (SSSR count). The highest BCUT2D eigenvalue weighted by atomic mass is 79.9. The van der Waals surface area contributed by atoms with Crippen molar-refractivity contribution in [3.63, 3.8) is 0 Å². The summed E-state index contributed by atoms with van der Waals surface area (Å²) < 4.78 is 0.814. The van der Waals surface area contributed by atoms with Crippen LogP contribution in [0.25, 0.3) is 0 Å². The lowest BCUT2D eigenvalue weighted by molar-refractivity contribution is 0.243. The van der Waals surface area contributed by atoms with Crippen molar-refractivity contribution in [3.05, 3.63) is 27.7 Å². The SMILES string of the molecule is CC(C)c1cc(Br)c(O)c(CCN2CCNCC2)c1. The Balaban J connectivity index is 2.05. The molecule has 1 heterocycles. The number of hydrogen-bond donors (Lipinski definition) is 2. The van der Waals surface area contributed by atoms with Crippen molar-refractivity contribution in [2.75, 3.05) is 32.7 Å². The number of nitrogens with zero attached hydrogens (tertiary/aromatic N) is 1. The molecule has 0 aliphatic carbocycles. The van der Waals surface area contributed by atoms with Gasteiger partial charge < -0.3 is 15.3 Å². The van der Waals surface area contributed by atoms with Crippen molar-refractivity contribution >= 4 is 15.9 Å². The Morgan fingerprint density at radius 1 is 1.32 bits per heavy atom. The van der Waals surface area contributed by atoms with Crippen LogP contribution in [0.5, 0.6) is 5.75 Å². The largest absolute Gasteiger partial charge is 0.506 e. The smallest absolute Gasteiger partial charge is 0.133 e. The van der Waals surface area contributed by atoms with E-state index in [1.165, 1.54) is 5.56 Å². The Morgan fingerprint density at radius 2 is 2.00 bits per heavy atom. The second-order valence-electron chi connectivity index (χ2n) is 5.51. The van der Waals surface area contributed by atoms with Crippen LogP contribution in [0.4, 0.5) is 0 Å². The Labute approximate surface area is 124 Å². The van der Waals surface area contributed by atoms with Crippen LogP contribution in [0.15, 0.2) is 16.6 Å². The van der Waals surface area contributed by atoms with Gasteiger partial charge >= 0.3 is 0 Å². The fourth-order valence-electron chi connectivity index (χ4n) is 2.42. The highest BCUT2D eigenvalue weighted by Gasteiger charge is 2.13. The minimum atomic E-state index is 0.402. The average Bonchev–Trinajstić information content (AvgIpc) is 2.41. The Kier molecular flexibility index (Phi) is 5.25. The van der Waals surface area contributed by atoms with Gasteiger partial charge in [0.2, 0.25) is 0 Å². The van der Waals surface area contributed by atoms with Gasteiger partial charge in [-0.3, -0.25) is 0 Å². The van der Waals surface area contributed by atoms with E-state index < -0.39 is 0 Å². The van der Waals surface area contributed by atoms with Crippen molar-refractivity contribution in [3.8, 4) is 5.75 Å². The third-order valence-corrected chi connectivity index (χ3v) is 4.34. The molecule has 0 aromatic heterocycles. The molecule has 0 radical (unpaired) electrons. The topological polar surface area (TPSA) is 35.5 Å². The van der Waals surface area contributed by atoms with Crippen LogP contribution in [0.1, 0.15) is 30.9 Å². The van der Waals surface area contributed by atoms with Crippen LogP contribution in [-0.4, -0.2) is 42.7 Å². The first kappa shape index (κ1) is 14.8. The molecule has 0 spiro atoms. The molecule has 2 N–H and O–H groups in total. The zero-order chi connectivity index (χ0) is 13.8. The minimum absolute atomic E-state index is 0.402. The zero-order valence-electron chi connectivity index (χ0n) is 11.7. The molecule has 106 valence electrons. The van der Waals surface area contributed by atoms with Gasteiger partial charge in [0.25, 0.3) is 0 Å². The molecule has 1 aliphatic heterocycles. The molecule has 1 aromatic rings. The molecule has 19 heavy (non-hydrogen) atoms. The fraction of sp³-hybridized carbons (Fsp3) is 0.600. The molecule has 1 aromatic carbocycles. The van der Waals surface area contributed by atoms with Crippen LogP contribution >= 0.6 is 15.9 Å². The van der Waals surface area contributed by atoms with E-state index in [0.29, 0.717) is 11.7 Å². The van der Waals surface area contributed by atoms with Gasteiger partial charge in [-0.1, -0.05) is 19.9 Å². The number of phenols is 1. The van der Waals surface area contributed by atoms with Crippen molar-refractivity contribution in [2.45, 2.75) is 26.2 Å². The van der Waals surface area contributed by atoms with E-state index in [2.05, 4.69) is 46.1 Å². The van der Waals surface area contributed by atoms with E-state index >= 15 is 0 Å². The molecule has 0 saturated carbocycles. The van der Waals surface area contributed by atoms with Gasteiger partial charge in [0.05, 0.1) is 4.47 Å². The summed E-state index contributed by atoms with van der Waals surface area (Å²) in [5, 5.41) is 13.5. The lowest BCUT2D eigenvalue weighted by Gasteiger charge is -2.27. The maximum absolute atomic E-state index is 10.2. The number of halogens is 1. The van der Waals surface area contributed by atoms with Crippen molar-refractivity contribution in [1.82, 2.24) is 10.2 Å². The number of hydrogen-bond acceptors (Lipinski definition) is 3. The maximum Gasteiger partial charge on any atom is 0.133 e. The standard InChI is InChI=1S/C15H23BrN2O/c1-11(2)13-9-12(15(19)14(16)10-13)3-6-18-7-4-17-5-8-18/h9-11,17,19H,3-8H2,1-2H3. The van der Waals surface area contributed by atoms with Crippen LogP contribution in [-0.2, 0) is 6.42 Å². The second-order valence-corrected chi connectivity index (χ2v) is 6.36. The quantitative estimate of drug-likeness (QED) is 0.893. The molecule has 0 atom stereocenters. The molecule has 3 nitrogen and oxygen atoms in total. The normalized spacial score (nSPS) is 17.1. The van der Waals surface area contributed by atoms with Gasteiger partial charge in [0, 0.05) is 32.7 Å². The van der Waals surface area contributed by atoms with E-state index in [1.54, 1.807) is 0 Å². The lowest BCUT2D eigenvalue weighted by Crippen LogP contribution is -2.44. The third kappa shape index (κ3) is 3.94. The number of rotatable bonds is 4. The summed E-state index contributed by atoms with van der Waals surface area (Å²) in [7, 11) is 0. The summed E-state index contributed by atoms with van der Waals surface area (Å²) in [5.74, 6) is 0.884. The number of benzene rings is 1. The van der Waals surface area contributed by atoms with Crippen LogP contribution in [0.3, 0.4) is 0 Å². The first-order valence-corrected chi connectivity index (χ1v) is 7.81. The lowest BCUT2D eigenvalue weighted by atomic mass is 9.99. The monoisotopic (exact) mass is 326 g/mol. The molecule has 1 aliphatic rings. The summed E-state index contributed by atoms with van der Waals surface area (Å²) >= 11 is 3.46. The highest BCUT2D eigenvalue weighted by molar-refractivity contribution is 9.10. The zero-order valence-corrected chi connectivity index (χ0v) is 13.3. The fourth-order valence-corrected chi connectivity index (χ4v) is 2.94. The predicted octanol–water partition coefficient (Wildman–Crippen LogP) is 2.73. The molecule has 0 amide bonds. The van der Waals surface area contributed by atoms with Crippen molar-refractivity contribution in [1.29, 1.82) is 0 Å². The molecular weight excluding hydrogens is 304 g/mol. The number of nitrogens with one attached hydrogen (secondary N) is 1. The van der Waals surface area contributed by atoms with E-state index in [4.69, 9.17) is 0 Å². The average molecular weight is 327 g/mol. The molecule has 0 bridgehead atoms. The first-order chi connectivity index (χ1) is 9.08. The van der Waals surface area contributed by atoms with Gasteiger partial charge in [-0.15, -0.1) is 0 Å². The predicted molar refractivity (Wildman–Crippen MR) is 82.9 cm³/mol. The van der Waals surface area contributed by atoms with Crippen LogP contribution < -0.4 is 5.32 Å². The summed E-state index contributed by atoms with van der Waals surface area (Å²) in [5.41, 5.74) is 2.33. The summed E-state index contributed by atoms with van der Waals surface area (Å²) in [6.07, 6.45) is 0.908. The number of piperazine rings is 1. The van der Waals surface area contributed by atoms with E-state index in [-0.39, 0.29) is 0 Å². The van der Waals surface area contributed by atoms with E-state index in [0.717, 1.165) is 49.2 Å². The second kappa shape index (κ2) is 6.73. The van der Waals surface area contributed by atoms with Gasteiger partial charge in [-0.2, -0.15) is 0 Å². The van der Waals surface area contributed by atoms with Gasteiger partial charge in [-0.05, 0) is 45.5 Å². The van der Waals surface area contributed by atoms with Gasteiger partial charge in [0.15, 0.2) is 0 Å². The van der Waals surface area contributed by atoms with Crippen molar-refractivity contribution in [2.24, 2.45) is 0 Å². The molecule has 4 heteroatoms. The third-order valence-electron chi connectivity index (χ3n) is 3.74. The number of aromatic hydroxyl groups is 1. The highest BCUT2D eigenvalue weighted by Crippen LogP contribution is 2.32. The Bertz CT molecular complexity index is 428. The summed E-state index contributed by atoms with van der Waals surface area (Å²) in [4.78, 5) is 2.45. The number of phenolic OH excluding ortho intramolecular Hbond substituents is 1. The maximum atomic E-state index is 10.2. The van der Waals surface area contributed by atoms with E-state index in [9.17, 15) is 5.11 Å². The van der Waals surface area contributed by atoms with Crippen molar-refractivity contribution < 1.29 is 5.11 Å².